The van der Waals surface area contributed by atoms with Gasteiger partial charge < -0.3 is 5.32 Å². The van der Waals surface area contributed by atoms with Crippen molar-refractivity contribution in [2.75, 3.05) is 12.4 Å². The topological polar surface area (TPSA) is 54.9 Å². The highest BCUT2D eigenvalue weighted by atomic mass is 35.5. The van der Waals surface area contributed by atoms with Crippen molar-refractivity contribution in [1.82, 2.24) is 14.9 Å². The van der Waals surface area contributed by atoms with Crippen LogP contribution in [0.4, 0.5) is 0 Å². The van der Waals surface area contributed by atoms with Crippen molar-refractivity contribution in [1.29, 1.82) is 0 Å². The fourth-order valence-corrected chi connectivity index (χ4v) is 2.27. The van der Waals surface area contributed by atoms with Gasteiger partial charge in [0.2, 0.25) is 0 Å². The summed E-state index contributed by atoms with van der Waals surface area (Å²) in [5, 5.41) is 8.21. The van der Waals surface area contributed by atoms with Crippen molar-refractivity contribution in [3.8, 4) is 0 Å². The van der Waals surface area contributed by atoms with Gasteiger partial charge in [0.25, 0.3) is 5.91 Å². The van der Waals surface area contributed by atoms with Crippen LogP contribution in [0.15, 0.2) is 5.38 Å². The van der Waals surface area contributed by atoms with Gasteiger partial charge in [0.15, 0.2) is 5.69 Å². The van der Waals surface area contributed by atoms with Crippen LogP contribution in [-0.2, 0) is 0 Å². The average Bonchev–Trinajstić information content (AvgIpc) is 2.85. The van der Waals surface area contributed by atoms with Gasteiger partial charge in [0, 0.05) is 23.2 Å². The maximum Gasteiger partial charge on any atom is 0.272 e. The summed E-state index contributed by atoms with van der Waals surface area (Å²) in [5.41, 5.74) is 0.362. The van der Waals surface area contributed by atoms with E-state index in [1.54, 1.807) is 5.38 Å². The maximum absolute atomic E-state index is 11.7. The summed E-state index contributed by atoms with van der Waals surface area (Å²) >= 11 is 7.13. The zero-order valence-corrected chi connectivity index (χ0v) is 11.1. The molecule has 0 aliphatic rings. The molecule has 0 aromatic carbocycles. The van der Waals surface area contributed by atoms with E-state index in [9.17, 15) is 4.79 Å². The molecule has 1 aromatic rings. The Hall–Kier alpha value is -0.680. The highest BCUT2D eigenvalue weighted by Crippen LogP contribution is 2.26. The third-order valence-corrected chi connectivity index (χ3v) is 4.07. The van der Waals surface area contributed by atoms with Crippen molar-refractivity contribution in [3.63, 3.8) is 0 Å². The number of carbonyl (C=O) groups is 1. The van der Waals surface area contributed by atoms with Gasteiger partial charge >= 0.3 is 0 Å². The summed E-state index contributed by atoms with van der Waals surface area (Å²) in [6.45, 7) is 4.75. The van der Waals surface area contributed by atoms with E-state index in [-0.39, 0.29) is 11.3 Å². The molecule has 1 N–H and O–H groups in total. The molecular weight excluding hydrogens is 246 g/mol. The second-order valence-corrected chi connectivity index (χ2v) is 4.69. The van der Waals surface area contributed by atoms with Gasteiger partial charge in [-0.15, -0.1) is 16.7 Å². The van der Waals surface area contributed by atoms with E-state index in [1.807, 2.05) is 0 Å². The van der Waals surface area contributed by atoms with E-state index in [2.05, 4.69) is 28.8 Å². The van der Waals surface area contributed by atoms with Crippen LogP contribution < -0.4 is 5.32 Å². The highest BCUT2D eigenvalue weighted by Gasteiger charge is 2.26. The Morgan fingerprint density at radius 3 is 2.69 bits per heavy atom. The first-order chi connectivity index (χ1) is 7.67. The third kappa shape index (κ3) is 3.15. The number of halogens is 1. The average molecular weight is 262 g/mol. The molecule has 6 heteroatoms. The molecule has 1 aromatic heterocycles. The number of nitrogens with zero attached hydrogens (tertiary/aromatic N) is 2. The van der Waals surface area contributed by atoms with E-state index in [4.69, 9.17) is 11.6 Å². The molecule has 0 bridgehead atoms. The number of hydrogen-bond donors (Lipinski definition) is 1. The minimum Gasteiger partial charge on any atom is -0.350 e. The quantitative estimate of drug-likeness (QED) is 0.800. The molecule has 0 unspecified atom stereocenters. The monoisotopic (exact) mass is 261 g/mol. The van der Waals surface area contributed by atoms with Crippen LogP contribution in [0.25, 0.3) is 0 Å². The molecule has 0 spiro atoms. The zero-order chi connectivity index (χ0) is 12.0. The first kappa shape index (κ1) is 13.4. The summed E-state index contributed by atoms with van der Waals surface area (Å²) in [5.74, 6) is 0.375. The normalized spacial score (nSPS) is 11.4. The van der Waals surface area contributed by atoms with Gasteiger partial charge in [-0.2, -0.15) is 0 Å². The molecule has 90 valence electrons. The van der Waals surface area contributed by atoms with E-state index in [0.717, 1.165) is 12.8 Å². The minimum absolute atomic E-state index is 0.0132. The molecular formula is C10H16ClN3OS. The first-order valence-corrected chi connectivity index (χ1v) is 6.65. The lowest BCUT2D eigenvalue weighted by molar-refractivity contribution is 0.0927. The molecule has 0 radical (unpaired) electrons. The fraction of sp³-hybridized carbons (Fsp3) is 0.700. The van der Waals surface area contributed by atoms with Crippen molar-refractivity contribution in [3.05, 3.63) is 11.1 Å². The third-order valence-electron chi connectivity index (χ3n) is 3.00. The largest absolute Gasteiger partial charge is 0.350 e. The van der Waals surface area contributed by atoms with E-state index in [1.165, 1.54) is 11.5 Å². The Balaban J connectivity index is 2.53. The van der Waals surface area contributed by atoms with Crippen LogP contribution in [0.5, 0.6) is 0 Å². The molecule has 1 heterocycles. The molecule has 0 fully saturated rings. The maximum atomic E-state index is 11.7. The van der Waals surface area contributed by atoms with Crippen LogP contribution >= 0.6 is 23.1 Å². The Morgan fingerprint density at radius 1 is 1.56 bits per heavy atom. The Kier molecular flexibility index (Phi) is 5.15. The Labute approximate surface area is 105 Å². The van der Waals surface area contributed by atoms with Crippen molar-refractivity contribution in [2.45, 2.75) is 26.7 Å². The lowest BCUT2D eigenvalue weighted by Gasteiger charge is -2.29. The van der Waals surface area contributed by atoms with Crippen molar-refractivity contribution < 1.29 is 4.79 Å². The molecule has 16 heavy (non-hydrogen) atoms. The van der Waals surface area contributed by atoms with Gasteiger partial charge in [-0.3, -0.25) is 4.79 Å². The standard InChI is InChI=1S/C10H16ClN3OS/c1-3-10(4-2,6-11)7-12-9(15)8-5-16-14-13-8/h5H,3-4,6-7H2,1-2H3,(H,12,15). The summed E-state index contributed by atoms with van der Waals surface area (Å²) in [6, 6.07) is 0. The second-order valence-electron chi connectivity index (χ2n) is 3.81. The van der Waals surface area contributed by atoms with Gasteiger partial charge in [0.1, 0.15) is 0 Å². The predicted octanol–water partition coefficient (Wildman–Crippen LogP) is 2.31. The van der Waals surface area contributed by atoms with Gasteiger partial charge in [-0.1, -0.05) is 18.3 Å². The SMILES string of the molecule is CCC(CC)(CCl)CNC(=O)c1csnn1. The fourth-order valence-electron chi connectivity index (χ4n) is 1.36. The molecule has 1 rings (SSSR count). The number of aromatic nitrogens is 2. The van der Waals surface area contributed by atoms with Gasteiger partial charge in [0.05, 0.1) is 0 Å². The van der Waals surface area contributed by atoms with Crippen molar-refractivity contribution in [2.24, 2.45) is 5.41 Å². The smallest absolute Gasteiger partial charge is 0.272 e. The van der Waals surface area contributed by atoms with E-state index >= 15 is 0 Å². The second kappa shape index (κ2) is 6.15. The minimum atomic E-state index is -0.176. The van der Waals surface area contributed by atoms with E-state index < -0.39 is 0 Å². The van der Waals surface area contributed by atoms with Crippen LogP contribution in [0.1, 0.15) is 37.2 Å². The van der Waals surface area contributed by atoms with E-state index in [0.29, 0.717) is 18.1 Å². The van der Waals surface area contributed by atoms with Crippen molar-refractivity contribution >= 4 is 29.0 Å². The van der Waals surface area contributed by atoms with Crippen LogP contribution in [0, 0.1) is 5.41 Å². The molecule has 0 atom stereocenters. The highest BCUT2D eigenvalue weighted by molar-refractivity contribution is 7.03. The van der Waals surface area contributed by atoms with Crippen LogP contribution in [0.2, 0.25) is 0 Å². The molecule has 0 aliphatic carbocycles. The number of nitrogens with one attached hydrogen (secondary N) is 1. The lowest BCUT2D eigenvalue weighted by Crippen LogP contribution is -2.38. The van der Waals surface area contributed by atoms with Gasteiger partial charge in [-0.25, -0.2) is 0 Å². The van der Waals surface area contributed by atoms with Crippen LogP contribution in [0.3, 0.4) is 0 Å². The number of amides is 1. The molecule has 1 amide bonds. The number of alkyl halides is 1. The number of carbonyl (C=O) groups excluding carboxylic acids is 1. The number of rotatable bonds is 6. The molecule has 0 saturated carbocycles. The molecule has 0 saturated heterocycles. The summed E-state index contributed by atoms with van der Waals surface area (Å²) < 4.78 is 3.65. The Bertz CT molecular complexity index is 317. The van der Waals surface area contributed by atoms with Crippen LogP contribution in [-0.4, -0.2) is 27.9 Å². The predicted molar refractivity (Wildman–Crippen MR) is 66.0 cm³/mol. The summed E-state index contributed by atoms with van der Waals surface area (Å²) in [6.07, 6.45) is 1.89. The molecule has 4 nitrogen and oxygen atoms in total. The number of hydrogen-bond acceptors (Lipinski definition) is 4. The lowest BCUT2D eigenvalue weighted by atomic mass is 9.84. The van der Waals surface area contributed by atoms with Gasteiger partial charge in [-0.05, 0) is 24.4 Å². The first-order valence-electron chi connectivity index (χ1n) is 5.28. The summed E-state index contributed by atoms with van der Waals surface area (Å²) in [4.78, 5) is 11.7. The molecule has 0 aliphatic heterocycles. The zero-order valence-electron chi connectivity index (χ0n) is 9.49. The Morgan fingerprint density at radius 2 is 2.25 bits per heavy atom. The summed E-state index contributed by atoms with van der Waals surface area (Å²) in [7, 11) is 0.